The van der Waals surface area contributed by atoms with Crippen LogP contribution in [0.3, 0.4) is 0 Å². The van der Waals surface area contributed by atoms with E-state index in [1.54, 1.807) is 11.3 Å². The molecule has 0 bridgehead atoms. The number of nitrogens with zero attached hydrogens (tertiary/aromatic N) is 1. The molecule has 1 aliphatic heterocycles. The van der Waals surface area contributed by atoms with Crippen LogP contribution in [0.5, 0.6) is 5.75 Å². The van der Waals surface area contributed by atoms with Crippen molar-refractivity contribution in [1.82, 2.24) is 4.90 Å². The second-order valence-electron chi connectivity index (χ2n) is 5.59. The number of carbonyl (C=O) groups is 1. The number of thiophene rings is 1. The van der Waals surface area contributed by atoms with Crippen LogP contribution in [0.2, 0.25) is 0 Å². The van der Waals surface area contributed by atoms with Gasteiger partial charge >= 0.3 is 0 Å². The molecular weight excluding hydrogens is 334 g/mol. The number of ether oxygens (including phenoxy) is 1. The quantitative estimate of drug-likeness (QED) is 0.890. The van der Waals surface area contributed by atoms with Gasteiger partial charge in [-0.3, -0.25) is 4.79 Å². The molecule has 0 aliphatic carbocycles. The number of likely N-dealkylation sites (tertiary alicyclic amines) is 1. The number of nitrogens with one attached hydrogen (secondary N) is 1. The molecular formula is C17H18F2N2O2S. The molecule has 4 nitrogen and oxygen atoms in total. The van der Waals surface area contributed by atoms with E-state index in [1.165, 1.54) is 12.0 Å². The summed E-state index contributed by atoms with van der Waals surface area (Å²) in [6, 6.07) is 6.35. The Hall–Kier alpha value is -2.15. The van der Waals surface area contributed by atoms with Crippen molar-refractivity contribution in [2.45, 2.75) is 18.9 Å². The van der Waals surface area contributed by atoms with E-state index in [0.29, 0.717) is 6.54 Å². The van der Waals surface area contributed by atoms with Crippen LogP contribution in [0.4, 0.5) is 14.5 Å². The lowest BCUT2D eigenvalue weighted by molar-refractivity contribution is -0.130. The van der Waals surface area contributed by atoms with Crippen molar-refractivity contribution in [1.29, 1.82) is 0 Å². The Morgan fingerprint density at radius 3 is 2.79 bits per heavy atom. The Labute approximate surface area is 143 Å². The van der Waals surface area contributed by atoms with Gasteiger partial charge in [0.05, 0.1) is 19.7 Å². The molecule has 1 atom stereocenters. The van der Waals surface area contributed by atoms with Gasteiger partial charge in [0.25, 0.3) is 0 Å². The predicted octanol–water partition coefficient (Wildman–Crippen LogP) is 3.81. The molecule has 128 valence electrons. The Morgan fingerprint density at radius 2 is 2.17 bits per heavy atom. The Bertz CT molecular complexity index is 698. The van der Waals surface area contributed by atoms with Crippen LogP contribution in [-0.2, 0) is 4.79 Å². The number of rotatable bonds is 5. The minimum Gasteiger partial charge on any atom is -0.491 e. The van der Waals surface area contributed by atoms with Crippen LogP contribution in [0, 0.1) is 11.6 Å². The van der Waals surface area contributed by atoms with Gasteiger partial charge in [-0.1, -0.05) is 6.07 Å². The average molecular weight is 352 g/mol. The van der Waals surface area contributed by atoms with Crippen molar-refractivity contribution in [2.75, 3.05) is 25.5 Å². The largest absolute Gasteiger partial charge is 0.491 e. The van der Waals surface area contributed by atoms with E-state index in [1.807, 2.05) is 22.4 Å². The first-order chi connectivity index (χ1) is 11.6. The summed E-state index contributed by atoms with van der Waals surface area (Å²) in [5, 5.41) is 4.79. The number of anilines is 1. The fourth-order valence-corrected chi connectivity index (χ4v) is 3.85. The molecule has 2 heterocycles. The van der Waals surface area contributed by atoms with Gasteiger partial charge in [-0.2, -0.15) is 0 Å². The van der Waals surface area contributed by atoms with Crippen LogP contribution in [0.25, 0.3) is 0 Å². The molecule has 1 saturated heterocycles. The lowest BCUT2D eigenvalue weighted by Gasteiger charge is -2.24. The van der Waals surface area contributed by atoms with Gasteiger partial charge < -0.3 is 15.0 Å². The van der Waals surface area contributed by atoms with E-state index in [0.717, 1.165) is 25.0 Å². The summed E-state index contributed by atoms with van der Waals surface area (Å²) in [6.45, 7) is 0.696. The number of benzene rings is 1. The highest BCUT2D eigenvalue weighted by atomic mass is 32.1. The number of amides is 1. The monoisotopic (exact) mass is 352 g/mol. The molecule has 24 heavy (non-hydrogen) atoms. The molecule has 1 N–H and O–H groups in total. The highest BCUT2D eigenvalue weighted by Crippen LogP contribution is 2.34. The van der Waals surface area contributed by atoms with Gasteiger partial charge in [0.15, 0.2) is 17.4 Å². The normalized spacial score (nSPS) is 17.1. The molecule has 1 fully saturated rings. The van der Waals surface area contributed by atoms with Gasteiger partial charge in [-0.25, -0.2) is 8.78 Å². The molecule has 1 aromatic carbocycles. The fourth-order valence-electron chi connectivity index (χ4n) is 2.98. The molecule has 1 aromatic heterocycles. The molecule has 1 amide bonds. The first-order valence-corrected chi connectivity index (χ1v) is 8.58. The van der Waals surface area contributed by atoms with Gasteiger partial charge in [-0.05, 0) is 24.3 Å². The molecule has 0 radical (unpaired) electrons. The molecule has 7 heteroatoms. The van der Waals surface area contributed by atoms with E-state index in [-0.39, 0.29) is 24.2 Å². The highest BCUT2D eigenvalue weighted by Gasteiger charge is 2.30. The third-order valence-electron chi connectivity index (χ3n) is 4.09. The minimum atomic E-state index is -0.801. The molecule has 0 spiro atoms. The SMILES string of the molecule is COc1c(F)cc(NCC(=O)N2CCCC2c2cccs2)cc1F. The van der Waals surface area contributed by atoms with Crippen LogP contribution in [0.1, 0.15) is 23.8 Å². The molecule has 2 aromatic rings. The second-order valence-corrected chi connectivity index (χ2v) is 6.57. The summed E-state index contributed by atoms with van der Waals surface area (Å²) in [5.41, 5.74) is 0.214. The van der Waals surface area contributed by atoms with Crippen LogP contribution >= 0.6 is 11.3 Å². The zero-order valence-corrected chi connectivity index (χ0v) is 14.0. The van der Waals surface area contributed by atoms with Crippen molar-refractivity contribution < 1.29 is 18.3 Å². The summed E-state index contributed by atoms with van der Waals surface area (Å²) >= 11 is 1.64. The smallest absolute Gasteiger partial charge is 0.242 e. The number of halogens is 2. The Morgan fingerprint density at radius 1 is 1.42 bits per heavy atom. The summed E-state index contributed by atoms with van der Waals surface area (Å²) < 4.78 is 32.0. The van der Waals surface area contributed by atoms with Crippen molar-refractivity contribution in [3.05, 3.63) is 46.2 Å². The first kappa shape index (κ1) is 16.7. The number of hydrogen-bond donors (Lipinski definition) is 1. The van der Waals surface area contributed by atoms with Crippen molar-refractivity contribution >= 4 is 22.9 Å². The zero-order chi connectivity index (χ0) is 17.1. The Kier molecular flexibility index (Phi) is 4.99. The summed E-state index contributed by atoms with van der Waals surface area (Å²) in [4.78, 5) is 15.5. The van der Waals surface area contributed by atoms with Gasteiger partial charge in [0.1, 0.15) is 0 Å². The van der Waals surface area contributed by atoms with E-state index in [9.17, 15) is 13.6 Å². The van der Waals surface area contributed by atoms with Crippen LogP contribution in [-0.4, -0.2) is 31.0 Å². The zero-order valence-electron chi connectivity index (χ0n) is 13.2. The lowest BCUT2D eigenvalue weighted by atomic mass is 10.2. The molecule has 0 saturated carbocycles. The fraction of sp³-hybridized carbons (Fsp3) is 0.353. The standard InChI is InChI=1S/C17H18F2N2O2S/c1-23-17-12(18)8-11(9-13(17)19)20-10-16(22)21-6-2-4-14(21)15-5-3-7-24-15/h3,5,7-9,14,20H,2,4,6,10H2,1H3. The number of carbonyl (C=O) groups excluding carboxylic acids is 1. The lowest BCUT2D eigenvalue weighted by Crippen LogP contribution is -2.34. The van der Waals surface area contributed by atoms with Crippen molar-refractivity contribution in [2.24, 2.45) is 0 Å². The predicted molar refractivity (Wildman–Crippen MR) is 89.4 cm³/mol. The first-order valence-electron chi connectivity index (χ1n) is 7.70. The van der Waals surface area contributed by atoms with Crippen LogP contribution < -0.4 is 10.1 Å². The maximum absolute atomic E-state index is 13.7. The van der Waals surface area contributed by atoms with Crippen molar-refractivity contribution in [3.8, 4) is 5.75 Å². The third-order valence-corrected chi connectivity index (χ3v) is 5.06. The minimum absolute atomic E-state index is 0.00686. The average Bonchev–Trinajstić information content (AvgIpc) is 3.22. The van der Waals surface area contributed by atoms with E-state index in [2.05, 4.69) is 10.1 Å². The maximum Gasteiger partial charge on any atom is 0.242 e. The van der Waals surface area contributed by atoms with Gasteiger partial charge in [0.2, 0.25) is 5.91 Å². The number of hydrogen-bond acceptors (Lipinski definition) is 4. The van der Waals surface area contributed by atoms with Crippen molar-refractivity contribution in [3.63, 3.8) is 0 Å². The van der Waals surface area contributed by atoms with E-state index in [4.69, 9.17) is 0 Å². The summed E-state index contributed by atoms with van der Waals surface area (Å²) in [5.74, 6) is -2.11. The summed E-state index contributed by atoms with van der Waals surface area (Å²) in [6.07, 6.45) is 1.90. The van der Waals surface area contributed by atoms with Crippen LogP contribution in [0.15, 0.2) is 29.6 Å². The second kappa shape index (κ2) is 7.17. The molecule has 1 aliphatic rings. The molecule has 1 unspecified atom stereocenters. The topological polar surface area (TPSA) is 41.6 Å². The number of methoxy groups -OCH3 is 1. The molecule has 3 rings (SSSR count). The Balaban J connectivity index is 1.65. The van der Waals surface area contributed by atoms with Gasteiger partial charge in [-0.15, -0.1) is 11.3 Å². The van der Waals surface area contributed by atoms with Gasteiger partial charge in [0, 0.05) is 29.2 Å². The summed E-state index contributed by atoms with van der Waals surface area (Å²) in [7, 11) is 1.20. The highest BCUT2D eigenvalue weighted by molar-refractivity contribution is 7.10. The third kappa shape index (κ3) is 3.36. The maximum atomic E-state index is 13.7. The van der Waals surface area contributed by atoms with E-state index >= 15 is 0 Å². The van der Waals surface area contributed by atoms with E-state index < -0.39 is 17.4 Å².